The molecule has 0 fully saturated rings. The highest BCUT2D eigenvalue weighted by Gasteiger charge is 2.23. The zero-order chi connectivity index (χ0) is 13.9. The summed E-state index contributed by atoms with van der Waals surface area (Å²) >= 11 is 0. The summed E-state index contributed by atoms with van der Waals surface area (Å²) in [5, 5.41) is 13.8. The molecule has 0 amide bonds. The molecule has 18 heavy (non-hydrogen) atoms. The number of rotatable bonds is 4. The number of nitro groups is 1. The van der Waals surface area contributed by atoms with Gasteiger partial charge in [-0.05, 0) is 23.5 Å². The molecule has 0 radical (unpaired) electrons. The molecule has 0 aliphatic carbocycles. The number of anilines is 1. The summed E-state index contributed by atoms with van der Waals surface area (Å²) in [4.78, 5) is 10.1. The van der Waals surface area contributed by atoms with E-state index in [9.17, 15) is 14.5 Å². The molecule has 1 rings (SSSR count). The summed E-state index contributed by atoms with van der Waals surface area (Å²) in [6, 6.07) is 4.08. The smallest absolute Gasteiger partial charge is 0.327 e. The molecule has 0 bridgehead atoms. The molecule has 1 atom stereocenters. The molecule has 0 saturated carbocycles. The molecule has 0 heterocycles. The van der Waals surface area contributed by atoms with E-state index >= 15 is 0 Å². The van der Waals surface area contributed by atoms with Crippen molar-refractivity contribution in [3.63, 3.8) is 0 Å². The van der Waals surface area contributed by atoms with Crippen LogP contribution in [0.2, 0.25) is 0 Å². The maximum Gasteiger partial charge on any atom is 0.327 e. The van der Waals surface area contributed by atoms with Gasteiger partial charge < -0.3 is 5.32 Å². The quantitative estimate of drug-likeness (QED) is 0.656. The summed E-state index contributed by atoms with van der Waals surface area (Å²) in [6.07, 6.45) is 0. The monoisotopic (exact) mass is 254 g/mol. The Morgan fingerprint density at radius 1 is 1.44 bits per heavy atom. The van der Waals surface area contributed by atoms with Gasteiger partial charge in [-0.3, -0.25) is 10.1 Å². The van der Waals surface area contributed by atoms with Crippen LogP contribution >= 0.6 is 0 Å². The van der Waals surface area contributed by atoms with Crippen LogP contribution in [0.15, 0.2) is 18.2 Å². The van der Waals surface area contributed by atoms with Gasteiger partial charge in [-0.15, -0.1) is 0 Å². The van der Waals surface area contributed by atoms with Crippen LogP contribution in [0.1, 0.15) is 27.7 Å². The first-order valence-electron chi connectivity index (χ1n) is 5.90. The van der Waals surface area contributed by atoms with Crippen molar-refractivity contribution in [1.29, 1.82) is 0 Å². The number of hydrogen-bond acceptors (Lipinski definition) is 3. The van der Waals surface area contributed by atoms with Gasteiger partial charge in [-0.2, -0.15) is 4.39 Å². The van der Waals surface area contributed by atoms with Crippen LogP contribution in [-0.2, 0) is 0 Å². The number of nitro benzene ring substituents is 1. The SMILES string of the molecule is CC(CNc1cccc(F)c1[N+](=O)[O-])C(C)(C)C. The van der Waals surface area contributed by atoms with E-state index in [0.717, 1.165) is 6.07 Å². The third-order valence-electron chi connectivity index (χ3n) is 3.25. The van der Waals surface area contributed by atoms with Gasteiger partial charge in [0.25, 0.3) is 0 Å². The van der Waals surface area contributed by atoms with E-state index in [2.05, 4.69) is 33.0 Å². The summed E-state index contributed by atoms with van der Waals surface area (Å²) in [5.74, 6) is -0.506. The Bertz CT molecular complexity index is 441. The van der Waals surface area contributed by atoms with Crippen LogP contribution in [-0.4, -0.2) is 11.5 Å². The standard InChI is InChI=1S/C13H19FN2O2/c1-9(13(2,3)4)8-15-11-7-5-6-10(14)12(11)16(17)18/h5-7,9,15H,8H2,1-4H3. The predicted molar refractivity (Wildman–Crippen MR) is 70.2 cm³/mol. The van der Waals surface area contributed by atoms with Gasteiger partial charge in [0, 0.05) is 6.54 Å². The predicted octanol–water partition coefficient (Wildman–Crippen LogP) is 3.83. The van der Waals surface area contributed by atoms with E-state index in [1.807, 2.05) is 0 Å². The number of para-hydroxylation sites is 1. The Kier molecular flexibility index (Phi) is 4.27. The van der Waals surface area contributed by atoms with Gasteiger partial charge in [-0.1, -0.05) is 33.8 Å². The average Bonchev–Trinajstić information content (AvgIpc) is 2.23. The third kappa shape index (κ3) is 3.42. The van der Waals surface area contributed by atoms with Crippen LogP contribution in [0.3, 0.4) is 0 Å². The minimum atomic E-state index is -0.812. The fourth-order valence-electron chi connectivity index (χ4n) is 1.41. The van der Waals surface area contributed by atoms with E-state index in [4.69, 9.17) is 0 Å². The highest BCUT2D eigenvalue weighted by atomic mass is 19.1. The molecule has 0 saturated heterocycles. The molecule has 0 aromatic heterocycles. The maximum absolute atomic E-state index is 13.4. The van der Waals surface area contributed by atoms with Crippen LogP contribution in [0.5, 0.6) is 0 Å². The lowest BCUT2D eigenvalue weighted by molar-refractivity contribution is -0.386. The highest BCUT2D eigenvalue weighted by Crippen LogP contribution is 2.30. The van der Waals surface area contributed by atoms with Gasteiger partial charge in [0.1, 0.15) is 5.69 Å². The molecular weight excluding hydrogens is 235 g/mol. The first kappa shape index (κ1) is 14.4. The average molecular weight is 254 g/mol. The van der Waals surface area contributed by atoms with E-state index in [0.29, 0.717) is 12.5 Å². The molecule has 1 aromatic rings. The van der Waals surface area contributed by atoms with E-state index < -0.39 is 16.4 Å². The second-order valence-electron chi connectivity index (χ2n) is 5.54. The first-order chi connectivity index (χ1) is 8.23. The normalized spacial score (nSPS) is 13.2. The van der Waals surface area contributed by atoms with Gasteiger partial charge >= 0.3 is 5.69 Å². The fourth-order valence-corrected chi connectivity index (χ4v) is 1.41. The van der Waals surface area contributed by atoms with E-state index in [-0.39, 0.29) is 11.1 Å². The number of hydrogen-bond donors (Lipinski definition) is 1. The number of nitrogens with one attached hydrogen (secondary N) is 1. The highest BCUT2D eigenvalue weighted by molar-refractivity contribution is 5.61. The Morgan fingerprint density at radius 2 is 2.06 bits per heavy atom. The van der Waals surface area contributed by atoms with Crippen molar-refractivity contribution in [2.24, 2.45) is 11.3 Å². The van der Waals surface area contributed by atoms with Crippen molar-refractivity contribution >= 4 is 11.4 Å². The summed E-state index contributed by atoms with van der Waals surface area (Å²) in [7, 11) is 0. The van der Waals surface area contributed by atoms with Gasteiger partial charge in [-0.25, -0.2) is 0 Å². The molecule has 0 aliphatic rings. The van der Waals surface area contributed by atoms with Crippen molar-refractivity contribution < 1.29 is 9.31 Å². The summed E-state index contributed by atoms with van der Waals surface area (Å²) in [5.41, 5.74) is -0.163. The lowest BCUT2D eigenvalue weighted by Gasteiger charge is -2.27. The van der Waals surface area contributed by atoms with Crippen LogP contribution in [0.25, 0.3) is 0 Å². The third-order valence-corrected chi connectivity index (χ3v) is 3.25. The van der Waals surface area contributed by atoms with Crippen molar-refractivity contribution in [3.8, 4) is 0 Å². The van der Waals surface area contributed by atoms with Gasteiger partial charge in [0.2, 0.25) is 5.82 Å². The summed E-state index contributed by atoms with van der Waals surface area (Å²) < 4.78 is 13.4. The minimum absolute atomic E-state index is 0.0924. The number of benzene rings is 1. The second kappa shape index (κ2) is 5.33. The molecular formula is C13H19FN2O2. The maximum atomic E-state index is 13.4. The Balaban J connectivity index is 2.86. The summed E-state index contributed by atoms with van der Waals surface area (Å²) in [6.45, 7) is 8.91. The minimum Gasteiger partial charge on any atom is -0.379 e. The molecule has 0 spiro atoms. The van der Waals surface area contributed by atoms with Gasteiger partial charge in [0.05, 0.1) is 4.92 Å². The van der Waals surface area contributed by atoms with Crippen molar-refractivity contribution in [2.75, 3.05) is 11.9 Å². The largest absolute Gasteiger partial charge is 0.379 e. The lowest BCUT2D eigenvalue weighted by Crippen LogP contribution is -2.25. The van der Waals surface area contributed by atoms with E-state index in [1.165, 1.54) is 12.1 Å². The second-order valence-corrected chi connectivity index (χ2v) is 5.54. The van der Waals surface area contributed by atoms with E-state index in [1.54, 1.807) is 0 Å². The number of halogens is 1. The molecule has 1 aromatic carbocycles. The fraction of sp³-hybridized carbons (Fsp3) is 0.538. The van der Waals surface area contributed by atoms with Crippen LogP contribution < -0.4 is 5.32 Å². The van der Waals surface area contributed by atoms with Crippen LogP contribution in [0.4, 0.5) is 15.8 Å². The zero-order valence-electron chi connectivity index (χ0n) is 11.2. The Labute approximate surface area is 106 Å². The molecule has 0 aliphatic heterocycles. The Morgan fingerprint density at radius 3 is 2.56 bits per heavy atom. The topological polar surface area (TPSA) is 55.2 Å². The van der Waals surface area contributed by atoms with Gasteiger partial charge in [0.15, 0.2) is 0 Å². The molecule has 100 valence electrons. The van der Waals surface area contributed by atoms with Crippen molar-refractivity contribution in [3.05, 3.63) is 34.1 Å². The van der Waals surface area contributed by atoms with Crippen molar-refractivity contribution in [1.82, 2.24) is 0 Å². The Hall–Kier alpha value is -1.65. The first-order valence-corrected chi connectivity index (χ1v) is 5.90. The van der Waals surface area contributed by atoms with Crippen molar-refractivity contribution in [2.45, 2.75) is 27.7 Å². The number of nitrogens with zero attached hydrogens (tertiary/aromatic N) is 1. The molecule has 4 nitrogen and oxygen atoms in total. The lowest BCUT2D eigenvalue weighted by atomic mass is 9.82. The zero-order valence-corrected chi connectivity index (χ0v) is 11.2. The van der Waals surface area contributed by atoms with Crippen LogP contribution in [0, 0.1) is 27.3 Å². The molecule has 5 heteroatoms. The molecule has 1 unspecified atom stereocenters. The molecule has 1 N–H and O–H groups in total.